The van der Waals surface area contributed by atoms with Gasteiger partial charge >= 0.3 is 0 Å². The summed E-state index contributed by atoms with van der Waals surface area (Å²) in [5.74, 6) is -0.574. The summed E-state index contributed by atoms with van der Waals surface area (Å²) in [5.41, 5.74) is 3.39. The molecular formula is C15H12Br2ClN3O3. The predicted molar refractivity (Wildman–Crippen MR) is 101 cm³/mol. The lowest BCUT2D eigenvalue weighted by molar-refractivity contribution is -0.119. The topological polar surface area (TPSA) is 94.0 Å². The average molecular weight is 478 g/mol. The Balaban J connectivity index is 1.91. The van der Waals surface area contributed by atoms with Gasteiger partial charge in [0, 0.05) is 25.6 Å². The number of amides is 1. The SMILES string of the molecule is O=C(CNc1c(Br)cc(Cl)cc1Br)NN=Cc1ccc(O)cc1O. The first-order chi connectivity index (χ1) is 11.4. The lowest BCUT2D eigenvalue weighted by Crippen LogP contribution is -2.26. The molecule has 0 atom stereocenters. The van der Waals surface area contributed by atoms with Crippen LogP contribution in [0.2, 0.25) is 5.02 Å². The zero-order valence-electron chi connectivity index (χ0n) is 12.1. The van der Waals surface area contributed by atoms with Gasteiger partial charge in [-0.05, 0) is 56.1 Å². The standard InChI is InChI=1S/C15H12Br2ClN3O3/c16-11-3-9(18)4-12(17)15(11)19-7-14(24)21-20-6-8-1-2-10(22)5-13(8)23/h1-6,19,22-23H,7H2,(H,21,24). The zero-order chi connectivity index (χ0) is 17.7. The summed E-state index contributed by atoms with van der Waals surface area (Å²) in [7, 11) is 0. The molecule has 2 aromatic rings. The lowest BCUT2D eigenvalue weighted by atomic mass is 10.2. The van der Waals surface area contributed by atoms with Crippen molar-refractivity contribution in [2.24, 2.45) is 5.10 Å². The summed E-state index contributed by atoms with van der Waals surface area (Å²) in [6.07, 6.45) is 1.28. The van der Waals surface area contributed by atoms with Crippen LogP contribution in [0.15, 0.2) is 44.4 Å². The summed E-state index contributed by atoms with van der Waals surface area (Å²) < 4.78 is 1.43. The fraction of sp³-hybridized carbons (Fsp3) is 0.0667. The third-order valence-corrected chi connectivity index (χ3v) is 4.31. The molecule has 0 radical (unpaired) electrons. The van der Waals surface area contributed by atoms with Gasteiger partial charge in [0.15, 0.2) is 0 Å². The molecule has 24 heavy (non-hydrogen) atoms. The highest BCUT2D eigenvalue weighted by atomic mass is 79.9. The molecule has 2 rings (SSSR count). The molecular weight excluding hydrogens is 465 g/mol. The van der Waals surface area contributed by atoms with Crippen molar-refractivity contribution in [1.29, 1.82) is 0 Å². The molecule has 0 aliphatic carbocycles. The number of rotatable bonds is 5. The van der Waals surface area contributed by atoms with E-state index >= 15 is 0 Å². The Morgan fingerprint density at radius 1 is 1.21 bits per heavy atom. The maximum absolute atomic E-state index is 11.8. The largest absolute Gasteiger partial charge is 0.508 e. The quantitative estimate of drug-likeness (QED) is 0.389. The van der Waals surface area contributed by atoms with Crippen molar-refractivity contribution in [1.82, 2.24) is 5.43 Å². The molecule has 2 aromatic carbocycles. The molecule has 4 N–H and O–H groups in total. The Morgan fingerprint density at radius 2 is 1.88 bits per heavy atom. The van der Waals surface area contributed by atoms with E-state index in [1.165, 1.54) is 24.4 Å². The Morgan fingerprint density at radius 3 is 2.50 bits per heavy atom. The van der Waals surface area contributed by atoms with Gasteiger partial charge in [-0.3, -0.25) is 4.79 Å². The number of hydrazone groups is 1. The monoisotopic (exact) mass is 475 g/mol. The van der Waals surface area contributed by atoms with Crippen molar-refractivity contribution >= 4 is 61.3 Å². The summed E-state index contributed by atoms with van der Waals surface area (Å²) >= 11 is 12.6. The Labute approximate surface area is 159 Å². The van der Waals surface area contributed by atoms with E-state index in [2.05, 4.69) is 47.7 Å². The van der Waals surface area contributed by atoms with Gasteiger partial charge in [-0.25, -0.2) is 5.43 Å². The minimum atomic E-state index is -0.377. The number of aromatic hydroxyl groups is 2. The van der Waals surface area contributed by atoms with Crippen LogP contribution >= 0.6 is 43.5 Å². The van der Waals surface area contributed by atoms with Gasteiger partial charge in [-0.15, -0.1) is 0 Å². The Kier molecular flexibility index (Phi) is 6.47. The summed E-state index contributed by atoms with van der Waals surface area (Å²) in [6.45, 7) is -0.0161. The molecule has 9 heteroatoms. The fourth-order valence-electron chi connectivity index (χ4n) is 1.73. The molecule has 1 amide bonds. The van der Waals surface area contributed by atoms with E-state index < -0.39 is 0 Å². The number of carbonyl (C=O) groups is 1. The third-order valence-electron chi connectivity index (χ3n) is 2.84. The third kappa shape index (κ3) is 5.12. The number of benzene rings is 2. The summed E-state index contributed by atoms with van der Waals surface area (Å²) in [4.78, 5) is 11.8. The first-order valence-electron chi connectivity index (χ1n) is 6.59. The van der Waals surface area contributed by atoms with Crippen molar-refractivity contribution in [3.63, 3.8) is 0 Å². The second-order valence-corrected chi connectivity index (χ2v) is 6.78. The highest BCUT2D eigenvalue weighted by Crippen LogP contribution is 2.33. The molecule has 0 aromatic heterocycles. The fourth-order valence-corrected chi connectivity index (χ4v) is 3.68. The first kappa shape index (κ1) is 18.6. The molecule has 0 heterocycles. The first-order valence-corrected chi connectivity index (χ1v) is 8.55. The van der Waals surface area contributed by atoms with Crippen LogP contribution in [0, 0.1) is 0 Å². The average Bonchev–Trinajstić information content (AvgIpc) is 2.48. The molecule has 0 bridgehead atoms. The molecule has 0 spiro atoms. The Bertz CT molecular complexity index is 777. The van der Waals surface area contributed by atoms with E-state index in [9.17, 15) is 15.0 Å². The highest BCUT2D eigenvalue weighted by molar-refractivity contribution is 9.11. The van der Waals surface area contributed by atoms with E-state index in [4.69, 9.17) is 11.6 Å². The number of anilines is 1. The van der Waals surface area contributed by atoms with Crippen LogP contribution in [0.1, 0.15) is 5.56 Å². The molecule has 0 aliphatic heterocycles. The number of nitrogens with zero attached hydrogens (tertiary/aromatic N) is 1. The van der Waals surface area contributed by atoms with Gasteiger partial charge in [0.1, 0.15) is 11.5 Å². The molecule has 0 fully saturated rings. The van der Waals surface area contributed by atoms with Crippen molar-refractivity contribution in [2.45, 2.75) is 0 Å². The molecule has 0 unspecified atom stereocenters. The van der Waals surface area contributed by atoms with Crippen molar-refractivity contribution in [3.05, 3.63) is 49.9 Å². The van der Waals surface area contributed by atoms with Gasteiger partial charge in [0.25, 0.3) is 5.91 Å². The smallest absolute Gasteiger partial charge is 0.259 e. The highest BCUT2D eigenvalue weighted by Gasteiger charge is 2.08. The van der Waals surface area contributed by atoms with Crippen molar-refractivity contribution in [3.8, 4) is 11.5 Å². The molecule has 0 saturated carbocycles. The number of hydrogen-bond donors (Lipinski definition) is 4. The number of halogens is 3. The lowest BCUT2D eigenvalue weighted by Gasteiger charge is -2.10. The van der Waals surface area contributed by atoms with Crippen molar-refractivity contribution < 1.29 is 15.0 Å². The van der Waals surface area contributed by atoms with Crippen LogP contribution in [0.25, 0.3) is 0 Å². The Hall–Kier alpha value is -1.77. The maximum Gasteiger partial charge on any atom is 0.259 e. The van der Waals surface area contributed by atoms with E-state index in [-0.39, 0.29) is 24.0 Å². The van der Waals surface area contributed by atoms with Gasteiger partial charge in [-0.1, -0.05) is 11.6 Å². The van der Waals surface area contributed by atoms with Crippen LogP contribution in [0.4, 0.5) is 5.69 Å². The van der Waals surface area contributed by atoms with Gasteiger partial charge < -0.3 is 15.5 Å². The second kappa shape index (κ2) is 8.36. The minimum absolute atomic E-state index is 0.0161. The minimum Gasteiger partial charge on any atom is -0.508 e. The van der Waals surface area contributed by atoms with Crippen LogP contribution in [-0.2, 0) is 4.79 Å². The zero-order valence-corrected chi connectivity index (χ0v) is 16.0. The number of hydrogen-bond acceptors (Lipinski definition) is 5. The number of carbonyl (C=O) groups excluding carboxylic acids is 1. The normalized spacial score (nSPS) is 10.8. The predicted octanol–water partition coefficient (Wildman–Crippen LogP) is 3.84. The van der Waals surface area contributed by atoms with Crippen molar-refractivity contribution in [2.75, 3.05) is 11.9 Å². The van der Waals surface area contributed by atoms with E-state index in [1.807, 2.05) is 0 Å². The molecule has 126 valence electrons. The van der Waals surface area contributed by atoms with Gasteiger partial charge in [0.2, 0.25) is 0 Å². The van der Waals surface area contributed by atoms with Gasteiger partial charge in [0.05, 0.1) is 18.4 Å². The van der Waals surface area contributed by atoms with E-state index in [0.717, 1.165) is 0 Å². The van der Waals surface area contributed by atoms with Gasteiger partial charge in [-0.2, -0.15) is 5.10 Å². The number of phenols is 2. The van der Waals surface area contributed by atoms with Crippen LogP contribution in [-0.4, -0.2) is 28.9 Å². The molecule has 0 saturated heterocycles. The van der Waals surface area contributed by atoms with Crippen LogP contribution < -0.4 is 10.7 Å². The summed E-state index contributed by atoms with van der Waals surface area (Å²) in [6, 6.07) is 7.47. The molecule has 6 nitrogen and oxygen atoms in total. The van der Waals surface area contributed by atoms with E-state index in [0.29, 0.717) is 25.2 Å². The second-order valence-electron chi connectivity index (χ2n) is 4.63. The molecule has 0 aliphatic rings. The van der Waals surface area contributed by atoms with E-state index in [1.54, 1.807) is 12.1 Å². The number of phenolic OH excluding ortho intramolecular Hbond substituents is 2. The van der Waals surface area contributed by atoms with Crippen LogP contribution in [0.5, 0.6) is 11.5 Å². The number of nitrogens with one attached hydrogen (secondary N) is 2. The maximum atomic E-state index is 11.8. The van der Waals surface area contributed by atoms with Crippen LogP contribution in [0.3, 0.4) is 0 Å². The summed E-state index contributed by atoms with van der Waals surface area (Å²) in [5, 5.41) is 26.1.